The summed E-state index contributed by atoms with van der Waals surface area (Å²) in [5, 5.41) is 6.93. The average Bonchev–Trinajstić information content (AvgIpc) is 3.10. The number of benzene rings is 1. The van der Waals surface area contributed by atoms with E-state index in [0.29, 0.717) is 5.95 Å². The molecule has 0 amide bonds. The highest BCUT2D eigenvalue weighted by molar-refractivity contribution is 7.18. The van der Waals surface area contributed by atoms with E-state index in [1.165, 1.54) is 0 Å². The standard InChI is InChI=1S/C17H20N6S/c1-10(18)11-6-4-5-7-12(11)13-8-14(23-16(19-2)22-13)15-9-21-17(20-3)24-15/h4-10H,18H2,1-3H3,(H,20,21)(H,19,22,23). The molecule has 1 aromatic carbocycles. The third-order valence-electron chi connectivity index (χ3n) is 3.65. The van der Waals surface area contributed by atoms with Gasteiger partial charge in [0.1, 0.15) is 0 Å². The highest BCUT2D eigenvalue weighted by atomic mass is 32.1. The van der Waals surface area contributed by atoms with Crippen molar-refractivity contribution in [2.24, 2.45) is 5.73 Å². The van der Waals surface area contributed by atoms with Gasteiger partial charge < -0.3 is 16.4 Å². The van der Waals surface area contributed by atoms with E-state index < -0.39 is 0 Å². The van der Waals surface area contributed by atoms with E-state index in [1.807, 2.05) is 57.5 Å². The number of nitrogens with zero attached hydrogens (tertiary/aromatic N) is 3. The van der Waals surface area contributed by atoms with Crippen molar-refractivity contribution < 1.29 is 0 Å². The van der Waals surface area contributed by atoms with Crippen molar-refractivity contribution >= 4 is 22.4 Å². The molecule has 0 saturated heterocycles. The van der Waals surface area contributed by atoms with Gasteiger partial charge >= 0.3 is 0 Å². The van der Waals surface area contributed by atoms with E-state index in [9.17, 15) is 0 Å². The molecule has 0 spiro atoms. The first-order chi connectivity index (χ1) is 11.6. The van der Waals surface area contributed by atoms with E-state index in [4.69, 9.17) is 5.73 Å². The summed E-state index contributed by atoms with van der Waals surface area (Å²) in [6, 6.07) is 9.97. The minimum Gasteiger partial charge on any atom is -0.365 e. The molecule has 3 rings (SSSR count). The number of anilines is 2. The van der Waals surface area contributed by atoms with Crippen LogP contribution in [-0.4, -0.2) is 29.0 Å². The summed E-state index contributed by atoms with van der Waals surface area (Å²) in [5.74, 6) is 0.571. The minimum atomic E-state index is -0.0723. The van der Waals surface area contributed by atoms with Gasteiger partial charge in [0.25, 0.3) is 0 Å². The van der Waals surface area contributed by atoms with E-state index in [0.717, 1.165) is 32.5 Å². The number of rotatable bonds is 5. The summed E-state index contributed by atoms with van der Waals surface area (Å²) in [4.78, 5) is 14.5. The molecular weight excluding hydrogens is 320 g/mol. The van der Waals surface area contributed by atoms with Crippen molar-refractivity contribution in [3.63, 3.8) is 0 Å². The van der Waals surface area contributed by atoms with Crippen LogP contribution in [0.25, 0.3) is 21.8 Å². The van der Waals surface area contributed by atoms with Gasteiger partial charge in [0, 0.05) is 31.9 Å². The molecule has 124 valence electrons. The zero-order valence-corrected chi connectivity index (χ0v) is 14.7. The molecule has 0 fully saturated rings. The maximum absolute atomic E-state index is 6.12. The lowest BCUT2D eigenvalue weighted by molar-refractivity contribution is 0.819. The Kier molecular flexibility index (Phi) is 4.73. The first-order valence-electron chi connectivity index (χ1n) is 7.68. The molecule has 4 N–H and O–H groups in total. The zero-order chi connectivity index (χ0) is 17.1. The Morgan fingerprint density at radius 1 is 1.08 bits per heavy atom. The molecule has 2 aromatic heterocycles. The monoisotopic (exact) mass is 340 g/mol. The topological polar surface area (TPSA) is 88.8 Å². The fraction of sp³-hybridized carbons (Fsp3) is 0.235. The van der Waals surface area contributed by atoms with Crippen molar-refractivity contribution in [3.8, 4) is 21.8 Å². The molecule has 0 saturated carbocycles. The van der Waals surface area contributed by atoms with Crippen molar-refractivity contribution in [3.05, 3.63) is 42.1 Å². The van der Waals surface area contributed by atoms with Crippen molar-refractivity contribution in [2.75, 3.05) is 24.7 Å². The second kappa shape index (κ2) is 6.94. The van der Waals surface area contributed by atoms with Crippen molar-refractivity contribution in [2.45, 2.75) is 13.0 Å². The van der Waals surface area contributed by atoms with Gasteiger partial charge in [0.2, 0.25) is 5.95 Å². The van der Waals surface area contributed by atoms with Gasteiger partial charge in [0.05, 0.1) is 16.3 Å². The van der Waals surface area contributed by atoms with Crippen molar-refractivity contribution in [1.29, 1.82) is 0 Å². The second-order valence-electron chi connectivity index (χ2n) is 5.37. The van der Waals surface area contributed by atoms with Crippen LogP contribution in [0.3, 0.4) is 0 Å². The smallest absolute Gasteiger partial charge is 0.223 e. The number of nitrogens with two attached hydrogens (primary N) is 1. The van der Waals surface area contributed by atoms with Gasteiger partial charge in [-0.25, -0.2) is 15.0 Å². The van der Waals surface area contributed by atoms with Crippen LogP contribution in [-0.2, 0) is 0 Å². The number of nitrogens with one attached hydrogen (secondary N) is 2. The first-order valence-corrected chi connectivity index (χ1v) is 8.49. The van der Waals surface area contributed by atoms with Crippen LogP contribution in [0.2, 0.25) is 0 Å². The highest BCUT2D eigenvalue weighted by Crippen LogP contribution is 2.32. The molecule has 1 unspecified atom stereocenters. The van der Waals surface area contributed by atoms with E-state index >= 15 is 0 Å². The van der Waals surface area contributed by atoms with E-state index in [1.54, 1.807) is 11.3 Å². The summed E-state index contributed by atoms with van der Waals surface area (Å²) >= 11 is 1.55. The van der Waals surface area contributed by atoms with Crippen LogP contribution in [0, 0.1) is 0 Å². The van der Waals surface area contributed by atoms with Crippen LogP contribution in [0.15, 0.2) is 36.5 Å². The van der Waals surface area contributed by atoms with Crippen LogP contribution in [0.1, 0.15) is 18.5 Å². The number of aromatic nitrogens is 3. The Balaban J connectivity index is 2.14. The van der Waals surface area contributed by atoms with Gasteiger partial charge in [-0.1, -0.05) is 35.6 Å². The molecule has 0 aliphatic rings. The normalized spacial score (nSPS) is 12.0. The molecule has 24 heavy (non-hydrogen) atoms. The maximum atomic E-state index is 6.12. The summed E-state index contributed by atoms with van der Waals surface area (Å²) in [5.41, 5.74) is 9.88. The fourth-order valence-electron chi connectivity index (χ4n) is 2.46. The molecule has 2 heterocycles. The van der Waals surface area contributed by atoms with Crippen LogP contribution < -0.4 is 16.4 Å². The molecule has 3 aromatic rings. The number of thiazole rings is 1. The largest absolute Gasteiger partial charge is 0.365 e. The highest BCUT2D eigenvalue weighted by Gasteiger charge is 2.14. The van der Waals surface area contributed by atoms with Gasteiger partial charge in [0.15, 0.2) is 5.13 Å². The lowest BCUT2D eigenvalue weighted by Crippen LogP contribution is -2.07. The molecule has 6 nitrogen and oxygen atoms in total. The Bertz CT molecular complexity index is 843. The Morgan fingerprint density at radius 3 is 2.50 bits per heavy atom. The quantitative estimate of drug-likeness (QED) is 0.660. The maximum Gasteiger partial charge on any atom is 0.223 e. The van der Waals surface area contributed by atoms with Gasteiger partial charge in [-0.3, -0.25) is 0 Å². The second-order valence-corrected chi connectivity index (χ2v) is 6.40. The lowest BCUT2D eigenvalue weighted by Gasteiger charge is -2.13. The summed E-state index contributed by atoms with van der Waals surface area (Å²) in [7, 11) is 3.66. The molecule has 0 radical (unpaired) electrons. The molecule has 7 heteroatoms. The molecule has 0 aliphatic heterocycles. The lowest BCUT2D eigenvalue weighted by atomic mass is 9.99. The predicted octanol–water partition coefficient (Wildman–Crippen LogP) is 3.37. The van der Waals surface area contributed by atoms with E-state index in [-0.39, 0.29) is 6.04 Å². The van der Waals surface area contributed by atoms with Gasteiger partial charge in [-0.15, -0.1) is 0 Å². The summed E-state index contributed by atoms with van der Waals surface area (Å²) in [6.45, 7) is 1.97. The van der Waals surface area contributed by atoms with Crippen LogP contribution in [0.4, 0.5) is 11.1 Å². The Labute approximate surface area is 145 Å². The SMILES string of the molecule is CNc1nc(-c2cnc(NC)s2)cc(-c2ccccc2C(C)N)n1. The average molecular weight is 340 g/mol. The van der Waals surface area contributed by atoms with Crippen LogP contribution >= 0.6 is 11.3 Å². The van der Waals surface area contributed by atoms with Crippen LogP contribution in [0.5, 0.6) is 0 Å². The number of hydrogen-bond acceptors (Lipinski definition) is 7. The molecule has 1 atom stereocenters. The van der Waals surface area contributed by atoms with Gasteiger partial charge in [-0.2, -0.15) is 0 Å². The zero-order valence-electron chi connectivity index (χ0n) is 13.9. The summed E-state index contributed by atoms with van der Waals surface area (Å²) in [6.07, 6.45) is 1.82. The first kappa shape index (κ1) is 16.4. The molecule has 0 aliphatic carbocycles. The van der Waals surface area contributed by atoms with Crippen molar-refractivity contribution in [1.82, 2.24) is 15.0 Å². The molecular formula is C17H20N6S. The Hall–Kier alpha value is -2.51. The third kappa shape index (κ3) is 3.22. The molecule has 0 bridgehead atoms. The predicted molar refractivity (Wildman–Crippen MR) is 100 cm³/mol. The van der Waals surface area contributed by atoms with Gasteiger partial charge in [-0.05, 0) is 18.6 Å². The van der Waals surface area contributed by atoms with E-state index in [2.05, 4.69) is 25.6 Å². The Morgan fingerprint density at radius 2 is 1.83 bits per heavy atom. The third-order valence-corrected chi connectivity index (χ3v) is 4.69. The summed E-state index contributed by atoms with van der Waals surface area (Å²) < 4.78 is 0. The minimum absolute atomic E-state index is 0.0723. The fourth-order valence-corrected chi connectivity index (χ4v) is 3.19. The number of hydrogen-bond donors (Lipinski definition) is 3.